The first-order valence-electron chi connectivity index (χ1n) is 7.74. The number of ether oxygens (including phenoxy) is 2. The highest BCUT2D eigenvalue weighted by Gasteiger charge is 2.32. The zero-order valence-electron chi connectivity index (χ0n) is 14.4. The number of H-pyrrole nitrogens is 1. The van der Waals surface area contributed by atoms with Crippen LogP contribution in [-0.4, -0.2) is 29.0 Å². The Morgan fingerprint density at radius 3 is 2.67 bits per heavy atom. The van der Waals surface area contributed by atoms with Gasteiger partial charge in [0.15, 0.2) is 5.82 Å². The van der Waals surface area contributed by atoms with Gasteiger partial charge in [-0.2, -0.15) is 0 Å². The molecule has 1 aliphatic rings. The van der Waals surface area contributed by atoms with E-state index >= 15 is 0 Å². The van der Waals surface area contributed by atoms with Crippen LogP contribution in [0.3, 0.4) is 0 Å². The Balaban J connectivity index is 2.19. The molecule has 0 saturated heterocycles. The number of rotatable bonds is 4. The number of thioether (sulfide) groups is 1. The summed E-state index contributed by atoms with van der Waals surface area (Å²) in [4.78, 5) is 17.2. The van der Waals surface area contributed by atoms with Crippen molar-refractivity contribution >= 4 is 22.6 Å². The molecule has 3 rings (SSSR count). The molecule has 0 spiro atoms. The SMILES string of the molecule is COc1ccc(C2SC(C)=Nc3c2c(=O)[nH]n3C(C)C)c(OC)c1. The van der Waals surface area contributed by atoms with Crippen LogP contribution in [0.15, 0.2) is 28.0 Å². The summed E-state index contributed by atoms with van der Waals surface area (Å²) in [6, 6.07) is 5.79. The summed E-state index contributed by atoms with van der Waals surface area (Å²) in [5.41, 5.74) is 1.50. The van der Waals surface area contributed by atoms with Gasteiger partial charge < -0.3 is 9.47 Å². The maximum absolute atomic E-state index is 12.6. The minimum atomic E-state index is -0.165. The van der Waals surface area contributed by atoms with Gasteiger partial charge in [-0.25, -0.2) is 4.99 Å². The number of aliphatic imine (C=N–C) groups is 1. The minimum absolute atomic E-state index is 0.106. The largest absolute Gasteiger partial charge is 0.497 e. The normalized spacial score (nSPS) is 16.8. The first kappa shape index (κ1) is 16.7. The second-order valence-corrected chi connectivity index (χ2v) is 7.18. The Kier molecular flexibility index (Phi) is 4.45. The maximum Gasteiger partial charge on any atom is 0.271 e. The Morgan fingerprint density at radius 1 is 1.29 bits per heavy atom. The molecule has 0 radical (unpaired) electrons. The highest BCUT2D eigenvalue weighted by atomic mass is 32.2. The second kappa shape index (κ2) is 6.39. The van der Waals surface area contributed by atoms with Gasteiger partial charge >= 0.3 is 0 Å². The number of aromatic nitrogens is 2. The summed E-state index contributed by atoms with van der Waals surface area (Å²) in [7, 11) is 3.24. The van der Waals surface area contributed by atoms with Crippen LogP contribution < -0.4 is 15.0 Å². The third-order valence-corrected chi connectivity index (χ3v) is 5.15. The van der Waals surface area contributed by atoms with E-state index in [1.165, 1.54) is 0 Å². The maximum atomic E-state index is 12.6. The molecule has 0 amide bonds. The van der Waals surface area contributed by atoms with Crippen molar-refractivity contribution in [3.63, 3.8) is 0 Å². The minimum Gasteiger partial charge on any atom is -0.497 e. The highest BCUT2D eigenvalue weighted by Crippen LogP contribution is 2.47. The second-order valence-electron chi connectivity index (χ2n) is 5.88. The van der Waals surface area contributed by atoms with Gasteiger partial charge in [0.05, 0.1) is 30.1 Å². The topological polar surface area (TPSA) is 68.6 Å². The van der Waals surface area contributed by atoms with Crippen LogP contribution in [0.4, 0.5) is 5.82 Å². The quantitative estimate of drug-likeness (QED) is 0.916. The van der Waals surface area contributed by atoms with Gasteiger partial charge in [0.25, 0.3) is 5.56 Å². The number of methoxy groups -OCH3 is 2. The standard InChI is InChI=1S/C17H21N3O3S/c1-9(2)20-16-14(17(21)19-20)15(24-10(3)18-16)12-7-6-11(22-4)8-13(12)23-5/h6-9,15H,1-5H3,(H,19,21). The number of benzene rings is 1. The highest BCUT2D eigenvalue weighted by molar-refractivity contribution is 8.14. The van der Waals surface area contributed by atoms with Crippen molar-refractivity contribution in [3.8, 4) is 11.5 Å². The van der Waals surface area contributed by atoms with E-state index in [4.69, 9.17) is 9.47 Å². The molecule has 1 unspecified atom stereocenters. The molecule has 1 atom stereocenters. The molecular formula is C17H21N3O3S. The fourth-order valence-corrected chi connectivity index (χ4v) is 3.97. The number of nitrogens with zero attached hydrogens (tertiary/aromatic N) is 2. The van der Waals surface area contributed by atoms with Crippen LogP contribution in [0, 0.1) is 0 Å². The number of aromatic amines is 1. The van der Waals surface area contributed by atoms with Gasteiger partial charge in [0.1, 0.15) is 11.5 Å². The fourth-order valence-electron chi connectivity index (χ4n) is 2.84. The number of hydrogen-bond acceptors (Lipinski definition) is 5. The number of hydrogen-bond donors (Lipinski definition) is 1. The van der Waals surface area contributed by atoms with E-state index in [1.807, 2.05) is 43.7 Å². The molecule has 2 aromatic rings. The van der Waals surface area contributed by atoms with Crippen molar-refractivity contribution in [2.75, 3.05) is 14.2 Å². The molecule has 7 heteroatoms. The predicted octanol–water partition coefficient (Wildman–Crippen LogP) is 3.66. The van der Waals surface area contributed by atoms with Crippen LogP contribution in [0.25, 0.3) is 0 Å². The lowest BCUT2D eigenvalue weighted by Crippen LogP contribution is -2.14. The van der Waals surface area contributed by atoms with Crippen molar-refractivity contribution in [2.45, 2.75) is 32.1 Å². The van der Waals surface area contributed by atoms with Gasteiger partial charge in [-0.3, -0.25) is 14.6 Å². The van der Waals surface area contributed by atoms with Crippen LogP contribution in [0.5, 0.6) is 11.5 Å². The van der Waals surface area contributed by atoms with Gasteiger partial charge in [-0.15, -0.1) is 0 Å². The average molecular weight is 347 g/mol. The van der Waals surface area contributed by atoms with Crippen LogP contribution in [-0.2, 0) is 0 Å². The number of fused-ring (bicyclic) bond motifs is 1. The van der Waals surface area contributed by atoms with Crippen molar-refractivity contribution in [2.24, 2.45) is 4.99 Å². The molecule has 0 bridgehead atoms. The summed E-state index contributed by atoms with van der Waals surface area (Å²) in [5, 5.41) is 3.66. The van der Waals surface area contributed by atoms with E-state index in [9.17, 15) is 4.79 Å². The Labute approximate surface area is 144 Å². The first-order chi connectivity index (χ1) is 11.5. The molecule has 128 valence electrons. The zero-order valence-corrected chi connectivity index (χ0v) is 15.2. The molecule has 6 nitrogen and oxygen atoms in total. The Bertz CT molecular complexity index is 851. The van der Waals surface area contributed by atoms with Crippen LogP contribution >= 0.6 is 11.8 Å². The lowest BCUT2D eigenvalue weighted by Gasteiger charge is -2.23. The monoisotopic (exact) mass is 347 g/mol. The third-order valence-electron chi connectivity index (χ3n) is 3.99. The lowest BCUT2D eigenvalue weighted by molar-refractivity contribution is 0.391. The van der Waals surface area contributed by atoms with E-state index in [0.29, 0.717) is 17.1 Å². The number of nitrogens with one attached hydrogen (secondary N) is 1. The molecule has 0 aliphatic carbocycles. The molecule has 1 aliphatic heterocycles. The lowest BCUT2D eigenvalue weighted by atomic mass is 10.0. The third kappa shape index (κ3) is 2.73. The Hall–Kier alpha value is -2.15. The van der Waals surface area contributed by atoms with Gasteiger partial charge in [-0.05, 0) is 26.8 Å². The summed E-state index contributed by atoms with van der Waals surface area (Å²) in [5.74, 6) is 2.12. The van der Waals surface area contributed by atoms with Crippen LogP contribution in [0.1, 0.15) is 43.2 Å². The van der Waals surface area contributed by atoms with Gasteiger partial charge in [0, 0.05) is 17.7 Å². The molecule has 1 aromatic carbocycles. The Morgan fingerprint density at radius 2 is 2.04 bits per heavy atom. The van der Waals surface area contributed by atoms with E-state index in [-0.39, 0.29) is 16.9 Å². The first-order valence-corrected chi connectivity index (χ1v) is 8.62. The molecule has 0 saturated carbocycles. The van der Waals surface area contributed by atoms with E-state index in [0.717, 1.165) is 16.4 Å². The van der Waals surface area contributed by atoms with Crippen molar-refractivity contribution < 1.29 is 9.47 Å². The summed E-state index contributed by atoms with van der Waals surface area (Å²) in [6.07, 6.45) is 0. The molecule has 1 aromatic heterocycles. The van der Waals surface area contributed by atoms with E-state index < -0.39 is 0 Å². The molecule has 0 fully saturated rings. The average Bonchev–Trinajstić information content (AvgIpc) is 2.90. The molecule has 1 N–H and O–H groups in total. The van der Waals surface area contributed by atoms with Gasteiger partial charge in [-0.1, -0.05) is 17.8 Å². The summed E-state index contributed by atoms with van der Waals surface area (Å²) < 4.78 is 12.6. The summed E-state index contributed by atoms with van der Waals surface area (Å²) in [6.45, 7) is 6.00. The predicted molar refractivity (Wildman–Crippen MR) is 97.2 cm³/mol. The smallest absolute Gasteiger partial charge is 0.271 e. The molecule has 24 heavy (non-hydrogen) atoms. The summed E-state index contributed by atoms with van der Waals surface area (Å²) >= 11 is 1.56. The van der Waals surface area contributed by atoms with E-state index in [1.54, 1.807) is 26.0 Å². The fraction of sp³-hybridized carbons (Fsp3) is 0.412. The van der Waals surface area contributed by atoms with Crippen molar-refractivity contribution in [3.05, 3.63) is 39.7 Å². The van der Waals surface area contributed by atoms with Gasteiger partial charge in [0.2, 0.25) is 0 Å². The van der Waals surface area contributed by atoms with E-state index in [2.05, 4.69) is 10.1 Å². The zero-order chi connectivity index (χ0) is 17.4. The van der Waals surface area contributed by atoms with Crippen molar-refractivity contribution in [1.29, 1.82) is 0 Å². The van der Waals surface area contributed by atoms with Crippen molar-refractivity contribution in [1.82, 2.24) is 9.78 Å². The molecular weight excluding hydrogens is 326 g/mol. The molecule has 2 heterocycles. The van der Waals surface area contributed by atoms with Crippen LogP contribution in [0.2, 0.25) is 0 Å².